The van der Waals surface area contributed by atoms with Crippen LogP contribution >= 0.6 is 31.9 Å². The van der Waals surface area contributed by atoms with Crippen molar-refractivity contribution in [2.24, 2.45) is 0 Å². The van der Waals surface area contributed by atoms with Gasteiger partial charge >= 0.3 is 4.83 Å². The summed E-state index contributed by atoms with van der Waals surface area (Å²) in [4.78, 5) is -3.35. The topological polar surface area (TPSA) is 29.5 Å². The van der Waals surface area contributed by atoms with Gasteiger partial charge < -0.3 is 9.84 Å². The molecule has 0 aromatic heterocycles. The minimum absolute atomic E-state index is 0.101. The molecule has 0 aliphatic rings. The van der Waals surface area contributed by atoms with Gasteiger partial charge in [-0.1, -0.05) is 6.07 Å². The van der Waals surface area contributed by atoms with Crippen molar-refractivity contribution >= 4 is 31.9 Å². The Hall–Kier alpha value is -0.200. The molecule has 1 atom stereocenters. The van der Waals surface area contributed by atoms with E-state index in [4.69, 9.17) is 4.74 Å². The third kappa shape index (κ3) is 3.12. The second-order valence-electron chi connectivity index (χ2n) is 2.84. The minimum Gasteiger partial charge on any atom is -0.496 e. The van der Waals surface area contributed by atoms with Crippen LogP contribution in [0.5, 0.6) is 5.75 Å². The summed E-state index contributed by atoms with van der Waals surface area (Å²) in [6.07, 6.45) is -1.89. The predicted molar refractivity (Wildman–Crippen MR) is 59.5 cm³/mol. The number of halogens is 4. The number of aliphatic hydroxyl groups is 1. The van der Waals surface area contributed by atoms with Crippen LogP contribution in [0.1, 0.15) is 11.7 Å². The average Bonchev–Trinajstić information content (AvgIpc) is 2.15. The van der Waals surface area contributed by atoms with Crippen LogP contribution in [0.4, 0.5) is 8.78 Å². The highest BCUT2D eigenvalue weighted by atomic mass is 79.9. The number of hydrogen-bond donors (Lipinski definition) is 1. The Morgan fingerprint density at radius 2 is 2.07 bits per heavy atom. The van der Waals surface area contributed by atoms with Gasteiger partial charge in [0.15, 0.2) is 6.10 Å². The predicted octanol–water partition coefficient (Wildman–Crippen LogP) is 3.48. The summed E-state index contributed by atoms with van der Waals surface area (Å²) in [5.74, 6) is 0.517. The van der Waals surface area contributed by atoms with Crippen LogP contribution in [0.3, 0.4) is 0 Å². The zero-order chi connectivity index (χ0) is 11.6. The van der Waals surface area contributed by atoms with Gasteiger partial charge in [-0.3, -0.25) is 0 Å². The Morgan fingerprint density at radius 1 is 1.47 bits per heavy atom. The summed E-state index contributed by atoms with van der Waals surface area (Å²) in [5.41, 5.74) is 0.101. The van der Waals surface area contributed by atoms with Gasteiger partial charge in [-0.15, -0.1) is 0 Å². The molecule has 0 aliphatic carbocycles. The maximum atomic E-state index is 12.7. The van der Waals surface area contributed by atoms with Crippen LogP contribution < -0.4 is 4.74 Å². The lowest BCUT2D eigenvalue weighted by Crippen LogP contribution is -2.18. The molecule has 1 N–H and O–H groups in total. The fraction of sp³-hybridized carbons (Fsp3) is 0.333. The Bertz CT molecular complexity index is 352. The minimum atomic E-state index is -3.35. The van der Waals surface area contributed by atoms with Crippen LogP contribution in [0.15, 0.2) is 22.7 Å². The molecule has 0 bridgehead atoms. The highest BCUT2D eigenvalue weighted by molar-refractivity contribution is 9.10. The van der Waals surface area contributed by atoms with Gasteiger partial charge in [0.2, 0.25) is 0 Å². The zero-order valence-corrected chi connectivity index (χ0v) is 10.8. The second-order valence-corrected chi connectivity index (χ2v) is 4.75. The summed E-state index contributed by atoms with van der Waals surface area (Å²) in [6, 6.07) is 4.27. The molecule has 0 saturated carbocycles. The standard InChI is InChI=1S/C9H8Br2F2O2/c1-15-7-3-2-5(4-6(7)10)8(14)9(11,12)13/h2-4,8,14H,1H3. The Kier molecular flexibility index (Phi) is 4.08. The van der Waals surface area contributed by atoms with Gasteiger partial charge in [-0.25, -0.2) is 0 Å². The molecule has 0 heterocycles. The molecular weight excluding hydrogens is 338 g/mol. The number of aliphatic hydroxyl groups excluding tert-OH is 1. The number of alkyl halides is 3. The molecule has 6 heteroatoms. The van der Waals surface area contributed by atoms with E-state index in [1.54, 1.807) is 0 Å². The normalized spacial score (nSPS) is 13.7. The third-order valence-electron chi connectivity index (χ3n) is 1.80. The largest absolute Gasteiger partial charge is 0.496 e. The van der Waals surface area contributed by atoms with Gasteiger partial charge in [-0.2, -0.15) is 8.78 Å². The Morgan fingerprint density at radius 3 is 2.47 bits per heavy atom. The van der Waals surface area contributed by atoms with Crippen LogP contribution in [0, 0.1) is 0 Å². The van der Waals surface area contributed by atoms with Gasteiger partial charge in [-0.05, 0) is 49.6 Å². The molecular formula is C9H8Br2F2O2. The third-order valence-corrected chi connectivity index (χ3v) is 2.86. The Balaban J connectivity index is 3.02. The fourth-order valence-corrected chi connectivity index (χ4v) is 1.86. The molecule has 1 aromatic carbocycles. The molecule has 0 fully saturated rings. The maximum Gasteiger partial charge on any atom is 0.330 e. The van der Waals surface area contributed by atoms with Gasteiger partial charge in [0, 0.05) is 0 Å². The molecule has 0 aliphatic heterocycles. The van der Waals surface area contributed by atoms with Gasteiger partial charge in [0.1, 0.15) is 5.75 Å². The highest BCUT2D eigenvalue weighted by Gasteiger charge is 2.36. The summed E-state index contributed by atoms with van der Waals surface area (Å²) >= 11 is 5.26. The lowest BCUT2D eigenvalue weighted by molar-refractivity contribution is -0.0295. The maximum absolute atomic E-state index is 12.7. The van der Waals surface area contributed by atoms with Crippen molar-refractivity contribution in [2.75, 3.05) is 7.11 Å². The molecule has 1 unspecified atom stereocenters. The number of rotatable bonds is 3. The Labute approximate surface area is 103 Å². The smallest absolute Gasteiger partial charge is 0.330 e. The van der Waals surface area contributed by atoms with Crippen LogP contribution in [0.2, 0.25) is 0 Å². The van der Waals surface area contributed by atoms with E-state index in [1.165, 1.54) is 25.3 Å². The first kappa shape index (κ1) is 12.9. The van der Waals surface area contributed by atoms with Crippen molar-refractivity contribution in [3.8, 4) is 5.75 Å². The molecule has 2 nitrogen and oxygen atoms in total. The quantitative estimate of drug-likeness (QED) is 0.850. The highest BCUT2D eigenvalue weighted by Crippen LogP contribution is 2.38. The molecule has 0 radical (unpaired) electrons. The van der Waals surface area contributed by atoms with E-state index < -0.39 is 10.9 Å². The monoisotopic (exact) mass is 344 g/mol. The van der Waals surface area contributed by atoms with E-state index in [1.807, 2.05) is 0 Å². The van der Waals surface area contributed by atoms with Crippen LogP contribution in [-0.4, -0.2) is 17.0 Å². The van der Waals surface area contributed by atoms with E-state index in [0.29, 0.717) is 10.2 Å². The summed E-state index contributed by atoms with van der Waals surface area (Å²) in [5, 5.41) is 9.29. The molecule has 0 amide bonds. The summed E-state index contributed by atoms with van der Waals surface area (Å²) in [7, 11) is 1.47. The van der Waals surface area contributed by atoms with Crippen molar-refractivity contribution in [3.05, 3.63) is 28.2 Å². The second kappa shape index (κ2) is 4.76. The van der Waals surface area contributed by atoms with Crippen molar-refractivity contribution in [1.29, 1.82) is 0 Å². The van der Waals surface area contributed by atoms with Crippen molar-refractivity contribution < 1.29 is 18.6 Å². The number of hydrogen-bond acceptors (Lipinski definition) is 2. The van der Waals surface area contributed by atoms with E-state index in [-0.39, 0.29) is 5.56 Å². The summed E-state index contributed by atoms with van der Waals surface area (Å²) < 4.78 is 30.9. The van der Waals surface area contributed by atoms with Gasteiger partial charge in [0.05, 0.1) is 11.6 Å². The van der Waals surface area contributed by atoms with Crippen LogP contribution in [0.25, 0.3) is 0 Å². The van der Waals surface area contributed by atoms with E-state index in [2.05, 4.69) is 31.9 Å². The first-order valence-electron chi connectivity index (χ1n) is 3.94. The number of benzene rings is 1. The van der Waals surface area contributed by atoms with Crippen LogP contribution in [-0.2, 0) is 0 Å². The zero-order valence-electron chi connectivity index (χ0n) is 7.68. The molecule has 1 aromatic rings. The SMILES string of the molecule is COc1ccc(C(O)C(F)(F)Br)cc1Br. The fourth-order valence-electron chi connectivity index (χ4n) is 1.04. The van der Waals surface area contributed by atoms with E-state index in [0.717, 1.165) is 0 Å². The lowest BCUT2D eigenvalue weighted by atomic mass is 10.1. The lowest BCUT2D eigenvalue weighted by Gasteiger charge is -2.17. The first-order chi connectivity index (χ1) is 6.86. The average molecular weight is 346 g/mol. The molecule has 84 valence electrons. The van der Waals surface area contributed by atoms with E-state index >= 15 is 0 Å². The number of ether oxygens (including phenoxy) is 1. The van der Waals surface area contributed by atoms with Gasteiger partial charge in [0.25, 0.3) is 0 Å². The van der Waals surface area contributed by atoms with Crippen molar-refractivity contribution in [3.63, 3.8) is 0 Å². The van der Waals surface area contributed by atoms with Crippen molar-refractivity contribution in [2.45, 2.75) is 10.9 Å². The van der Waals surface area contributed by atoms with E-state index in [9.17, 15) is 13.9 Å². The molecule has 0 saturated heterocycles. The molecule has 0 spiro atoms. The van der Waals surface area contributed by atoms with Crippen molar-refractivity contribution in [1.82, 2.24) is 0 Å². The number of methoxy groups -OCH3 is 1. The first-order valence-corrected chi connectivity index (χ1v) is 5.53. The molecule has 1 rings (SSSR count). The molecule has 15 heavy (non-hydrogen) atoms. The summed E-state index contributed by atoms with van der Waals surface area (Å²) in [6.45, 7) is 0.